The fourth-order valence-electron chi connectivity index (χ4n) is 1.34. The molecule has 1 aromatic carbocycles. The standard InChI is InChI=1S/C13H19N3O3/c1-3-11(14)12(17)15-9-5-7-10(8-6-9)16-13(18)19-4-2/h5-8,11H,3-4,14H2,1-2H3,(H,15,17)(H,16,18)/t11-/m1/s1. The van der Waals surface area contributed by atoms with Crippen LogP contribution in [0.3, 0.4) is 0 Å². The number of amides is 2. The van der Waals surface area contributed by atoms with Crippen LogP contribution in [0.15, 0.2) is 24.3 Å². The first kappa shape index (κ1) is 15.0. The first-order chi connectivity index (χ1) is 9.06. The number of hydrogen-bond acceptors (Lipinski definition) is 4. The monoisotopic (exact) mass is 265 g/mol. The van der Waals surface area contributed by atoms with E-state index >= 15 is 0 Å². The number of anilines is 2. The molecule has 0 heterocycles. The van der Waals surface area contributed by atoms with Gasteiger partial charge in [-0.3, -0.25) is 10.1 Å². The van der Waals surface area contributed by atoms with E-state index in [4.69, 9.17) is 10.5 Å². The molecule has 0 unspecified atom stereocenters. The first-order valence-corrected chi connectivity index (χ1v) is 6.17. The predicted molar refractivity (Wildman–Crippen MR) is 74.0 cm³/mol. The third-order valence-corrected chi connectivity index (χ3v) is 2.45. The molecule has 0 aliphatic heterocycles. The Morgan fingerprint density at radius 3 is 2.16 bits per heavy atom. The zero-order valence-corrected chi connectivity index (χ0v) is 11.1. The SMILES string of the molecule is CCOC(=O)Nc1ccc(NC(=O)[C@H](N)CC)cc1. The molecule has 1 atom stereocenters. The van der Waals surface area contributed by atoms with Gasteiger partial charge >= 0.3 is 6.09 Å². The lowest BCUT2D eigenvalue weighted by atomic mass is 10.2. The summed E-state index contributed by atoms with van der Waals surface area (Å²) in [6.45, 7) is 3.89. The van der Waals surface area contributed by atoms with Gasteiger partial charge in [-0.15, -0.1) is 0 Å². The summed E-state index contributed by atoms with van der Waals surface area (Å²) in [6, 6.07) is 6.19. The van der Waals surface area contributed by atoms with E-state index in [0.717, 1.165) is 0 Å². The molecule has 0 fully saturated rings. The largest absolute Gasteiger partial charge is 0.450 e. The lowest BCUT2D eigenvalue weighted by Gasteiger charge is -2.10. The number of hydrogen-bond donors (Lipinski definition) is 3. The van der Waals surface area contributed by atoms with E-state index in [1.54, 1.807) is 31.2 Å². The molecule has 104 valence electrons. The van der Waals surface area contributed by atoms with E-state index in [1.165, 1.54) is 0 Å². The Morgan fingerprint density at radius 1 is 1.16 bits per heavy atom. The van der Waals surface area contributed by atoms with Crippen LogP contribution in [0.5, 0.6) is 0 Å². The Balaban J connectivity index is 2.56. The Labute approximate surface area is 112 Å². The Kier molecular flexibility index (Phi) is 5.81. The highest BCUT2D eigenvalue weighted by atomic mass is 16.5. The second kappa shape index (κ2) is 7.38. The van der Waals surface area contributed by atoms with Gasteiger partial charge in [-0.05, 0) is 37.6 Å². The maximum atomic E-state index is 11.6. The van der Waals surface area contributed by atoms with Crippen molar-refractivity contribution >= 4 is 23.4 Å². The summed E-state index contributed by atoms with van der Waals surface area (Å²) >= 11 is 0. The van der Waals surface area contributed by atoms with Crippen LogP contribution in [0.25, 0.3) is 0 Å². The molecule has 6 nitrogen and oxygen atoms in total. The molecular weight excluding hydrogens is 246 g/mol. The lowest BCUT2D eigenvalue weighted by Crippen LogP contribution is -2.34. The van der Waals surface area contributed by atoms with Crippen molar-refractivity contribution < 1.29 is 14.3 Å². The molecule has 0 bridgehead atoms. The van der Waals surface area contributed by atoms with Crippen LogP contribution in [0.1, 0.15) is 20.3 Å². The summed E-state index contributed by atoms with van der Waals surface area (Å²) in [6.07, 6.45) is 0.0706. The Morgan fingerprint density at radius 2 is 1.68 bits per heavy atom. The zero-order chi connectivity index (χ0) is 14.3. The van der Waals surface area contributed by atoms with Crippen molar-refractivity contribution in [2.75, 3.05) is 17.2 Å². The first-order valence-electron chi connectivity index (χ1n) is 6.17. The van der Waals surface area contributed by atoms with Gasteiger partial charge in [0.15, 0.2) is 0 Å². The van der Waals surface area contributed by atoms with E-state index in [0.29, 0.717) is 24.4 Å². The van der Waals surface area contributed by atoms with Gasteiger partial charge in [-0.2, -0.15) is 0 Å². The van der Waals surface area contributed by atoms with Gasteiger partial charge in [0.2, 0.25) is 5.91 Å². The van der Waals surface area contributed by atoms with Crippen molar-refractivity contribution in [1.29, 1.82) is 0 Å². The van der Waals surface area contributed by atoms with E-state index in [2.05, 4.69) is 10.6 Å². The summed E-state index contributed by atoms with van der Waals surface area (Å²) in [5.74, 6) is -0.228. The number of nitrogens with one attached hydrogen (secondary N) is 2. The second-order valence-electron chi connectivity index (χ2n) is 3.93. The van der Waals surface area contributed by atoms with Crippen LogP contribution in [0.4, 0.5) is 16.2 Å². The summed E-state index contributed by atoms with van der Waals surface area (Å²) in [5.41, 5.74) is 6.83. The number of carbonyl (C=O) groups excluding carboxylic acids is 2. The smallest absolute Gasteiger partial charge is 0.411 e. The Hall–Kier alpha value is -2.08. The van der Waals surface area contributed by atoms with Crippen molar-refractivity contribution in [2.45, 2.75) is 26.3 Å². The zero-order valence-electron chi connectivity index (χ0n) is 11.1. The van der Waals surface area contributed by atoms with Crippen molar-refractivity contribution in [3.63, 3.8) is 0 Å². The summed E-state index contributed by atoms with van der Waals surface area (Å²) in [5, 5.41) is 5.25. The number of benzene rings is 1. The number of nitrogens with two attached hydrogens (primary N) is 1. The molecule has 2 amide bonds. The molecule has 0 saturated heterocycles. The van der Waals surface area contributed by atoms with Crippen LogP contribution in [-0.4, -0.2) is 24.6 Å². The maximum absolute atomic E-state index is 11.6. The fourth-order valence-corrected chi connectivity index (χ4v) is 1.34. The van der Waals surface area contributed by atoms with Crippen molar-refractivity contribution in [2.24, 2.45) is 5.73 Å². The minimum atomic E-state index is -0.516. The predicted octanol–water partition coefficient (Wildman–Crippen LogP) is 1.93. The third-order valence-electron chi connectivity index (χ3n) is 2.45. The van der Waals surface area contributed by atoms with Crippen LogP contribution < -0.4 is 16.4 Å². The fraction of sp³-hybridized carbons (Fsp3) is 0.385. The van der Waals surface area contributed by atoms with Crippen molar-refractivity contribution in [3.05, 3.63) is 24.3 Å². The van der Waals surface area contributed by atoms with Crippen LogP contribution in [-0.2, 0) is 9.53 Å². The molecule has 0 saturated carbocycles. The number of carbonyl (C=O) groups is 2. The van der Waals surface area contributed by atoms with Crippen LogP contribution in [0.2, 0.25) is 0 Å². The lowest BCUT2D eigenvalue weighted by molar-refractivity contribution is -0.117. The highest BCUT2D eigenvalue weighted by Gasteiger charge is 2.10. The van der Waals surface area contributed by atoms with Gasteiger partial charge in [-0.25, -0.2) is 4.79 Å². The van der Waals surface area contributed by atoms with Gasteiger partial charge in [0.25, 0.3) is 0 Å². The Bertz CT molecular complexity index is 431. The van der Waals surface area contributed by atoms with Crippen molar-refractivity contribution in [1.82, 2.24) is 0 Å². The normalized spacial score (nSPS) is 11.5. The van der Waals surface area contributed by atoms with E-state index in [1.807, 2.05) is 6.92 Å². The third kappa shape index (κ3) is 4.97. The highest BCUT2D eigenvalue weighted by molar-refractivity contribution is 5.95. The van der Waals surface area contributed by atoms with E-state index in [-0.39, 0.29) is 5.91 Å². The summed E-state index contributed by atoms with van der Waals surface area (Å²) in [7, 11) is 0. The minimum Gasteiger partial charge on any atom is -0.450 e. The van der Waals surface area contributed by atoms with Gasteiger partial charge in [-0.1, -0.05) is 6.92 Å². The molecule has 0 spiro atoms. The van der Waals surface area contributed by atoms with Crippen LogP contribution >= 0.6 is 0 Å². The van der Waals surface area contributed by atoms with Gasteiger partial charge < -0.3 is 15.8 Å². The maximum Gasteiger partial charge on any atom is 0.411 e. The summed E-state index contributed by atoms with van der Waals surface area (Å²) < 4.78 is 4.75. The number of rotatable bonds is 5. The van der Waals surface area contributed by atoms with Gasteiger partial charge in [0.05, 0.1) is 12.6 Å². The summed E-state index contributed by atoms with van der Waals surface area (Å²) in [4.78, 5) is 22.7. The quantitative estimate of drug-likeness (QED) is 0.758. The highest BCUT2D eigenvalue weighted by Crippen LogP contribution is 2.14. The molecule has 0 radical (unpaired) electrons. The molecule has 0 aromatic heterocycles. The molecule has 1 rings (SSSR count). The molecule has 4 N–H and O–H groups in total. The minimum absolute atomic E-state index is 0.228. The van der Waals surface area contributed by atoms with E-state index < -0.39 is 12.1 Å². The molecular formula is C13H19N3O3. The molecule has 6 heteroatoms. The van der Waals surface area contributed by atoms with Crippen molar-refractivity contribution in [3.8, 4) is 0 Å². The molecule has 0 aliphatic carbocycles. The van der Waals surface area contributed by atoms with Gasteiger partial charge in [0.1, 0.15) is 0 Å². The number of ether oxygens (including phenoxy) is 1. The van der Waals surface area contributed by atoms with Gasteiger partial charge in [0, 0.05) is 11.4 Å². The molecule has 1 aromatic rings. The van der Waals surface area contributed by atoms with E-state index in [9.17, 15) is 9.59 Å². The topological polar surface area (TPSA) is 93.5 Å². The molecule has 0 aliphatic rings. The molecule has 19 heavy (non-hydrogen) atoms. The second-order valence-corrected chi connectivity index (χ2v) is 3.93. The average Bonchev–Trinajstić information content (AvgIpc) is 2.40. The van der Waals surface area contributed by atoms with Crippen LogP contribution in [0, 0.1) is 0 Å². The average molecular weight is 265 g/mol.